The van der Waals surface area contributed by atoms with Crippen LogP contribution in [0.3, 0.4) is 0 Å². The lowest BCUT2D eigenvalue weighted by Crippen LogP contribution is -2.38. The number of dihydropyridines is 1. The van der Waals surface area contributed by atoms with Crippen LogP contribution < -0.4 is 15.4 Å². The number of alkyl halides is 3. The number of carbonyl (C=O) groups is 2. The van der Waals surface area contributed by atoms with Gasteiger partial charge in [-0.15, -0.1) is 0 Å². The van der Waals surface area contributed by atoms with Gasteiger partial charge >= 0.3 is 18.1 Å². The monoisotopic (exact) mass is 635 g/mol. The van der Waals surface area contributed by atoms with Gasteiger partial charge in [-0.25, -0.2) is 9.59 Å². The summed E-state index contributed by atoms with van der Waals surface area (Å²) in [7, 11) is 0.898. The lowest BCUT2D eigenvalue weighted by Gasteiger charge is -2.31. The second-order valence-electron chi connectivity index (χ2n) is 10.3. The van der Waals surface area contributed by atoms with E-state index < -0.39 is 52.0 Å². The minimum Gasteiger partial charge on any atom is -0.491 e. The number of non-ortho nitro benzene ring substituents is 1. The molecule has 244 valence electrons. The number of aliphatic hydroxyl groups excluding tert-OH is 1. The second kappa shape index (κ2) is 16.6. The van der Waals surface area contributed by atoms with E-state index in [2.05, 4.69) is 15.4 Å². The smallest absolute Gasteiger partial charge is 0.431 e. The molecule has 0 aliphatic carbocycles. The number of allylic oxidation sites excluding steroid dienone is 2. The molecule has 3 N–H and O–H groups in total. The van der Waals surface area contributed by atoms with Gasteiger partial charge in [0.15, 0.2) is 0 Å². The third-order valence-electron chi connectivity index (χ3n) is 6.93. The lowest BCUT2D eigenvalue weighted by molar-refractivity contribution is -0.384. The quantitative estimate of drug-likeness (QED) is 0.103. The van der Waals surface area contributed by atoms with E-state index >= 15 is 0 Å². The first-order chi connectivity index (χ1) is 21.4. The third-order valence-corrected chi connectivity index (χ3v) is 6.93. The molecule has 3 rings (SSSR count). The maximum atomic E-state index is 14.0. The average molecular weight is 636 g/mol. The van der Waals surface area contributed by atoms with Crippen molar-refractivity contribution in [2.45, 2.75) is 50.8 Å². The minimum absolute atomic E-state index is 0.0381. The van der Waals surface area contributed by atoms with Crippen LogP contribution in [0.1, 0.15) is 44.1 Å². The van der Waals surface area contributed by atoms with Crippen molar-refractivity contribution in [3.8, 4) is 5.75 Å². The SMILES string of the molecule is COC(=O)C1=C(C(F)(F)F)NC(C)=C(C(=O)OCCCCCCNC[C@H](O)COc2ccccc2)C1c1cccc([N+](=O)[O-])c1. The fourth-order valence-corrected chi connectivity index (χ4v) is 4.79. The summed E-state index contributed by atoms with van der Waals surface area (Å²) in [5, 5.41) is 26.7. The van der Waals surface area contributed by atoms with Crippen LogP contribution in [0.5, 0.6) is 5.75 Å². The van der Waals surface area contributed by atoms with Crippen molar-refractivity contribution in [2.75, 3.05) is 33.4 Å². The fraction of sp³-hybridized carbons (Fsp3) is 0.419. The molecule has 0 spiro atoms. The zero-order valence-electron chi connectivity index (χ0n) is 24.9. The molecule has 11 nitrogen and oxygen atoms in total. The molecular weight excluding hydrogens is 599 g/mol. The molecular formula is C31H36F3N3O8. The summed E-state index contributed by atoms with van der Waals surface area (Å²) < 4.78 is 57.6. The van der Waals surface area contributed by atoms with Crippen molar-refractivity contribution in [1.29, 1.82) is 0 Å². The highest BCUT2D eigenvalue weighted by Crippen LogP contribution is 2.44. The second-order valence-corrected chi connectivity index (χ2v) is 10.3. The van der Waals surface area contributed by atoms with Crippen LogP contribution in [0, 0.1) is 10.1 Å². The first-order valence-electron chi connectivity index (χ1n) is 14.3. The van der Waals surface area contributed by atoms with E-state index in [1.54, 1.807) is 12.1 Å². The van der Waals surface area contributed by atoms with Crippen molar-refractivity contribution < 1.29 is 47.0 Å². The van der Waals surface area contributed by atoms with E-state index in [1.807, 2.05) is 18.2 Å². The van der Waals surface area contributed by atoms with Crippen molar-refractivity contribution in [3.63, 3.8) is 0 Å². The topological polar surface area (TPSA) is 149 Å². The van der Waals surface area contributed by atoms with Crippen molar-refractivity contribution >= 4 is 17.6 Å². The van der Waals surface area contributed by atoms with Gasteiger partial charge in [0.1, 0.15) is 24.2 Å². The van der Waals surface area contributed by atoms with Gasteiger partial charge < -0.3 is 30.0 Å². The van der Waals surface area contributed by atoms with Crippen LogP contribution in [0.15, 0.2) is 77.1 Å². The van der Waals surface area contributed by atoms with Gasteiger partial charge in [-0.1, -0.05) is 43.2 Å². The van der Waals surface area contributed by atoms with E-state index in [4.69, 9.17) is 9.47 Å². The number of nitro benzene ring substituents is 1. The molecule has 1 unspecified atom stereocenters. The number of nitrogens with zero attached hydrogens (tertiary/aromatic N) is 1. The van der Waals surface area contributed by atoms with Gasteiger partial charge in [0.2, 0.25) is 0 Å². The number of benzene rings is 2. The number of nitrogens with one attached hydrogen (secondary N) is 2. The molecule has 0 fully saturated rings. The van der Waals surface area contributed by atoms with Crippen LogP contribution in [-0.4, -0.2) is 67.7 Å². The summed E-state index contributed by atoms with van der Waals surface area (Å²) in [6.45, 7) is 2.36. The number of aliphatic hydroxyl groups is 1. The number of esters is 2. The van der Waals surface area contributed by atoms with Gasteiger partial charge in [0.25, 0.3) is 5.69 Å². The van der Waals surface area contributed by atoms with Gasteiger partial charge in [-0.2, -0.15) is 13.2 Å². The molecule has 14 heteroatoms. The highest BCUT2D eigenvalue weighted by Gasteiger charge is 2.47. The molecule has 1 aliphatic heterocycles. The van der Waals surface area contributed by atoms with Gasteiger partial charge in [-0.05, 0) is 44.0 Å². The molecule has 2 aromatic rings. The van der Waals surface area contributed by atoms with Crippen LogP contribution >= 0.6 is 0 Å². The van der Waals surface area contributed by atoms with Gasteiger partial charge in [0.05, 0.1) is 35.7 Å². The van der Waals surface area contributed by atoms with E-state index in [0.717, 1.165) is 32.1 Å². The van der Waals surface area contributed by atoms with E-state index in [9.17, 15) is 38.0 Å². The molecule has 0 aromatic heterocycles. The first-order valence-corrected chi connectivity index (χ1v) is 14.3. The number of carbonyl (C=O) groups excluding carboxylic acids is 2. The van der Waals surface area contributed by atoms with Crippen LogP contribution in [-0.2, 0) is 19.1 Å². The molecule has 0 bridgehead atoms. The normalized spacial score (nSPS) is 15.7. The van der Waals surface area contributed by atoms with E-state index in [1.165, 1.54) is 19.1 Å². The maximum Gasteiger partial charge on any atom is 0.431 e. The summed E-state index contributed by atoms with van der Waals surface area (Å²) in [6, 6.07) is 13.9. The number of para-hydroxylation sites is 1. The summed E-state index contributed by atoms with van der Waals surface area (Å²) in [4.78, 5) is 36.6. The predicted molar refractivity (Wildman–Crippen MR) is 157 cm³/mol. The molecule has 0 saturated carbocycles. The van der Waals surface area contributed by atoms with Gasteiger partial charge in [-0.3, -0.25) is 10.1 Å². The zero-order valence-corrected chi connectivity index (χ0v) is 24.9. The Hall–Kier alpha value is -4.43. The summed E-state index contributed by atoms with van der Waals surface area (Å²) in [6.07, 6.45) is -2.98. The molecule has 0 amide bonds. The largest absolute Gasteiger partial charge is 0.491 e. The number of hydrogen-bond donors (Lipinski definition) is 3. The van der Waals surface area contributed by atoms with Crippen LogP contribution in [0.25, 0.3) is 0 Å². The van der Waals surface area contributed by atoms with E-state index in [-0.39, 0.29) is 30.0 Å². The van der Waals surface area contributed by atoms with Crippen LogP contribution in [0.4, 0.5) is 18.9 Å². The lowest BCUT2D eigenvalue weighted by atomic mass is 9.80. The number of halogens is 3. The van der Waals surface area contributed by atoms with Crippen molar-refractivity contribution in [3.05, 3.63) is 92.8 Å². The number of rotatable bonds is 16. The molecule has 2 atom stereocenters. The molecule has 45 heavy (non-hydrogen) atoms. The minimum atomic E-state index is -5.03. The summed E-state index contributed by atoms with van der Waals surface area (Å²) in [5.74, 6) is -3.28. The number of hydrogen-bond acceptors (Lipinski definition) is 10. The maximum absolute atomic E-state index is 14.0. The predicted octanol–water partition coefficient (Wildman–Crippen LogP) is 4.68. The Morgan fingerprint density at radius 1 is 1.04 bits per heavy atom. The molecule has 1 aliphatic rings. The number of unbranched alkanes of at least 4 members (excludes halogenated alkanes) is 3. The molecule has 0 radical (unpaired) electrons. The Labute approximate surface area is 258 Å². The Morgan fingerprint density at radius 2 is 1.76 bits per heavy atom. The zero-order chi connectivity index (χ0) is 33.0. The highest BCUT2D eigenvalue weighted by molar-refractivity contribution is 6.00. The highest BCUT2D eigenvalue weighted by atomic mass is 19.4. The summed E-state index contributed by atoms with van der Waals surface area (Å²) >= 11 is 0. The Morgan fingerprint density at radius 3 is 2.42 bits per heavy atom. The Balaban J connectivity index is 1.56. The summed E-state index contributed by atoms with van der Waals surface area (Å²) in [5.41, 5.74) is -3.35. The molecule has 1 heterocycles. The van der Waals surface area contributed by atoms with Gasteiger partial charge in [0, 0.05) is 24.4 Å². The van der Waals surface area contributed by atoms with Crippen molar-refractivity contribution in [1.82, 2.24) is 10.6 Å². The molecule has 2 aromatic carbocycles. The van der Waals surface area contributed by atoms with Crippen LogP contribution in [0.2, 0.25) is 0 Å². The first kappa shape index (κ1) is 35.1. The van der Waals surface area contributed by atoms with Crippen molar-refractivity contribution in [2.24, 2.45) is 0 Å². The van der Waals surface area contributed by atoms with E-state index in [0.29, 0.717) is 31.7 Å². The molecule has 0 saturated heterocycles. The Kier molecular flexibility index (Phi) is 12.9. The number of nitro groups is 1. The standard InChI is InChI=1S/C31H36F3N3O8/c1-20-25(30(40)44-16-9-4-3-8-15-35-18-23(38)19-45-24-13-6-5-7-14-24)26(21-11-10-12-22(17-21)37(41)42)27(29(39)43-2)28(36-20)31(32,33)34/h5-7,10-14,17,23,26,35-36,38H,3-4,8-9,15-16,18-19H2,1-2H3/t23-,26?/m0/s1. The number of ether oxygens (including phenoxy) is 3. The fourth-order valence-electron chi connectivity index (χ4n) is 4.79. The average Bonchev–Trinajstić information content (AvgIpc) is 3.02. The Bertz CT molecular complexity index is 1400. The third kappa shape index (κ3) is 10.0. The number of methoxy groups -OCH3 is 1.